The van der Waals surface area contributed by atoms with Crippen LogP contribution in [0.1, 0.15) is 22.6 Å². The molecule has 1 aliphatic heterocycles. The predicted octanol–water partition coefficient (Wildman–Crippen LogP) is 2.26. The molecule has 0 spiro atoms. The van der Waals surface area contributed by atoms with Gasteiger partial charge in [-0.3, -0.25) is 4.90 Å². The van der Waals surface area contributed by atoms with Crippen LogP contribution in [0.3, 0.4) is 0 Å². The Morgan fingerprint density at radius 2 is 2.40 bits per heavy atom. The molecule has 1 fully saturated rings. The zero-order valence-electron chi connectivity index (χ0n) is 9.28. The molecule has 3 heteroatoms. The van der Waals surface area contributed by atoms with E-state index in [1.54, 1.807) is 0 Å². The van der Waals surface area contributed by atoms with E-state index >= 15 is 0 Å². The number of piperidine rings is 1. The number of rotatable bonds is 3. The van der Waals surface area contributed by atoms with E-state index in [-0.39, 0.29) is 0 Å². The van der Waals surface area contributed by atoms with Gasteiger partial charge in [0.1, 0.15) is 0 Å². The quantitative estimate of drug-likeness (QED) is 0.853. The van der Waals surface area contributed by atoms with Crippen molar-refractivity contribution in [3.05, 3.63) is 21.9 Å². The maximum absolute atomic E-state index is 9.15. The average Bonchev–Trinajstić information content (AvgIpc) is 2.64. The molecule has 1 N–H and O–H groups in total. The van der Waals surface area contributed by atoms with Crippen LogP contribution in [-0.4, -0.2) is 29.7 Å². The topological polar surface area (TPSA) is 23.5 Å². The molecule has 2 nitrogen and oxygen atoms in total. The first-order valence-electron chi connectivity index (χ1n) is 5.66. The van der Waals surface area contributed by atoms with Gasteiger partial charge in [0.15, 0.2) is 0 Å². The predicted molar refractivity (Wildman–Crippen MR) is 64.1 cm³/mol. The Hall–Kier alpha value is -0.380. The monoisotopic (exact) mass is 225 g/mol. The Balaban J connectivity index is 1.88. The molecule has 0 unspecified atom stereocenters. The molecule has 0 radical (unpaired) electrons. The van der Waals surface area contributed by atoms with E-state index < -0.39 is 0 Å². The molecule has 2 rings (SSSR count). The second-order valence-corrected chi connectivity index (χ2v) is 5.81. The van der Waals surface area contributed by atoms with Crippen LogP contribution in [0.2, 0.25) is 0 Å². The Labute approximate surface area is 95.5 Å². The number of aliphatic hydroxyl groups excluding tert-OH is 1. The third-order valence-electron chi connectivity index (χ3n) is 3.04. The number of aliphatic hydroxyl groups is 1. The lowest BCUT2D eigenvalue weighted by Crippen LogP contribution is -2.36. The molecule has 1 aliphatic rings. The fraction of sp³-hybridized carbons (Fsp3) is 0.667. The van der Waals surface area contributed by atoms with Gasteiger partial charge in [-0.25, -0.2) is 0 Å². The van der Waals surface area contributed by atoms with Crippen molar-refractivity contribution in [2.75, 3.05) is 19.7 Å². The van der Waals surface area contributed by atoms with Gasteiger partial charge in [-0.2, -0.15) is 0 Å². The fourth-order valence-electron chi connectivity index (χ4n) is 2.23. The number of hydrogen-bond donors (Lipinski definition) is 1. The zero-order valence-corrected chi connectivity index (χ0v) is 10.1. The van der Waals surface area contributed by atoms with Crippen molar-refractivity contribution in [1.29, 1.82) is 0 Å². The van der Waals surface area contributed by atoms with Gasteiger partial charge in [-0.1, -0.05) is 0 Å². The Bertz CT molecular complexity index is 310. The summed E-state index contributed by atoms with van der Waals surface area (Å²) in [6.45, 7) is 5.82. The summed E-state index contributed by atoms with van der Waals surface area (Å²) >= 11 is 1.89. The van der Waals surface area contributed by atoms with Gasteiger partial charge < -0.3 is 5.11 Å². The van der Waals surface area contributed by atoms with E-state index in [9.17, 15) is 0 Å². The van der Waals surface area contributed by atoms with Crippen molar-refractivity contribution < 1.29 is 5.11 Å². The van der Waals surface area contributed by atoms with Crippen molar-refractivity contribution in [2.45, 2.75) is 26.3 Å². The van der Waals surface area contributed by atoms with Gasteiger partial charge in [0.05, 0.1) is 0 Å². The fourth-order valence-corrected chi connectivity index (χ4v) is 3.17. The lowest BCUT2D eigenvalue weighted by atomic mass is 9.99. The summed E-state index contributed by atoms with van der Waals surface area (Å²) in [5, 5.41) is 9.15. The number of aryl methyl sites for hydroxylation is 1. The highest BCUT2D eigenvalue weighted by Crippen LogP contribution is 2.21. The van der Waals surface area contributed by atoms with Crippen LogP contribution in [-0.2, 0) is 6.54 Å². The van der Waals surface area contributed by atoms with Crippen LogP contribution in [0.4, 0.5) is 0 Å². The second-order valence-electron chi connectivity index (χ2n) is 4.44. The van der Waals surface area contributed by atoms with Gasteiger partial charge in [0.25, 0.3) is 0 Å². The van der Waals surface area contributed by atoms with Crippen LogP contribution < -0.4 is 0 Å². The van der Waals surface area contributed by atoms with Crippen molar-refractivity contribution in [2.24, 2.45) is 5.92 Å². The molecule has 0 amide bonds. The number of likely N-dealkylation sites (tertiary alicyclic amines) is 1. The number of nitrogens with zero attached hydrogens (tertiary/aromatic N) is 1. The summed E-state index contributed by atoms with van der Waals surface area (Å²) in [6.07, 6.45) is 2.42. The van der Waals surface area contributed by atoms with Crippen LogP contribution in [0, 0.1) is 12.8 Å². The molecular formula is C12H19NOS. The molecule has 84 valence electrons. The van der Waals surface area contributed by atoms with E-state index in [0.29, 0.717) is 12.5 Å². The van der Waals surface area contributed by atoms with Crippen molar-refractivity contribution in [3.8, 4) is 0 Å². The summed E-state index contributed by atoms with van der Waals surface area (Å²) in [5.41, 5.74) is 0. The molecule has 1 aromatic heterocycles. The first-order valence-corrected chi connectivity index (χ1v) is 6.48. The minimum Gasteiger partial charge on any atom is -0.396 e. The van der Waals surface area contributed by atoms with Crippen molar-refractivity contribution in [3.63, 3.8) is 0 Å². The summed E-state index contributed by atoms with van der Waals surface area (Å²) in [4.78, 5) is 5.31. The molecular weight excluding hydrogens is 206 g/mol. The Kier molecular flexibility index (Phi) is 3.78. The normalized spacial score (nSPS) is 23.2. The van der Waals surface area contributed by atoms with Crippen LogP contribution in [0.25, 0.3) is 0 Å². The first-order chi connectivity index (χ1) is 7.28. The highest BCUT2D eigenvalue weighted by molar-refractivity contribution is 7.11. The third-order valence-corrected chi connectivity index (χ3v) is 4.02. The number of hydrogen-bond acceptors (Lipinski definition) is 3. The van der Waals surface area contributed by atoms with Crippen molar-refractivity contribution >= 4 is 11.3 Å². The summed E-state index contributed by atoms with van der Waals surface area (Å²) in [5.74, 6) is 0.500. The van der Waals surface area contributed by atoms with Gasteiger partial charge in [-0.05, 0) is 44.4 Å². The Morgan fingerprint density at radius 1 is 1.53 bits per heavy atom. The maximum Gasteiger partial charge on any atom is 0.0471 e. The zero-order chi connectivity index (χ0) is 10.7. The maximum atomic E-state index is 9.15. The lowest BCUT2D eigenvalue weighted by Gasteiger charge is -2.31. The average molecular weight is 225 g/mol. The molecule has 0 bridgehead atoms. The van der Waals surface area contributed by atoms with Crippen LogP contribution in [0.15, 0.2) is 12.1 Å². The molecule has 0 aliphatic carbocycles. The molecule has 15 heavy (non-hydrogen) atoms. The largest absolute Gasteiger partial charge is 0.396 e. The standard InChI is InChI=1S/C12H19NOS/c1-10-4-5-12(15-10)8-13-6-2-3-11(7-13)9-14/h4-5,11,14H,2-3,6-9H2,1H3/t11-/m0/s1. The highest BCUT2D eigenvalue weighted by Gasteiger charge is 2.19. The van der Waals surface area contributed by atoms with Gasteiger partial charge in [-0.15, -0.1) is 11.3 Å². The van der Waals surface area contributed by atoms with E-state index in [1.165, 1.54) is 29.1 Å². The van der Waals surface area contributed by atoms with Gasteiger partial charge in [0.2, 0.25) is 0 Å². The molecule has 1 saturated heterocycles. The highest BCUT2D eigenvalue weighted by atomic mass is 32.1. The van der Waals surface area contributed by atoms with E-state index in [0.717, 1.165) is 13.1 Å². The second kappa shape index (κ2) is 5.10. The van der Waals surface area contributed by atoms with Crippen molar-refractivity contribution in [1.82, 2.24) is 4.90 Å². The van der Waals surface area contributed by atoms with Gasteiger partial charge >= 0.3 is 0 Å². The smallest absolute Gasteiger partial charge is 0.0471 e. The summed E-state index contributed by atoms with van der Waals surface area (Å²) in [7, 11) is 0. The SMILES string of the molecule is Cc1ccc(CN2CCC[C@H](CO)C2)s1. The van der Waals surface area contributed by atoms with E-state index in [2.05, 4.69) is 24.0 Å². The first kappa shape index (κ1) is 11.1. The minimum absolute atomic E-state index is 0.347. The van der Waals surface area contributed by atoms with E-state index in [4.69, 9.17) is 5.11 Å². The number of thiophene rings is 1. The Morgan fingerprint density at radius 3 is 3.07 bits per heavy atom. The minimum atomic E-state index is 0.347. The summed E-state index contributed by atoms with van der Waals surface area (Å²) < 4.78 is 0. The molecule has 0 saturated carbocycles. The molecule has 0 aromatic carbocycles. The third kappa shape index (κ3) is 3.03. The molecule has 1 aromatic rings. The summed E-state index contributed by atoms with van der Waals surface area (Å²) in [6, 6.07) is 4.41. The van der Waals surface area contributed by atoms with Gasteiger partial charge in [0, 0.05) is 29.5 Å². The van der Waals surface area contributed by atoms with E-state index in [1.807, 2.05) is 11.3 Å². The molecule has 2 heterocycles. The lowest BCUT2D eigenvalue weighted by molar-refractivity contribution is 0.116. The van der Waals surface area contributed by atoms with Crippen LogP contribution >= 0.6 is 11.3 Å². The molecule has 1 atom stereocenters. The van der Waals surface area contributed by atoms with Crippen LogP contribution in [0.5, 0.6) is 0 Å².